The highest BCUT2D eigenvalue weighted by atomic mass is 15.8. The maximum Gasteiger partial charge on any atom is 0.0980 e. The summed E-state index contributed by atoms with van der Waals surface area (Å²) in [6.45, 7) is 6.84. The molecule has 2 fully saturated rings. The van der Waals surface area contributed by atoms with Gasteiger partial charge in [0.2, 0.25) is 0 Å². The van der Waals surface area contributed by atoms with Crippen molar-refractivity contribution in [1.29, 1.82) is 0 Å². The first kappa shape index (κ1) is 8.52. The molecule has 1 saturated carbocycles. The van der Waals surface area contributed by atoms with Crippen molar-refractivity contribution in [2.24, 2.45) is 0 Å². The third-order valence-corrected chi connectivity index (χ3v) is 3.05. The van der Waals surface area contributed by atoms with E-state index in [2.05, 4.69) is 31.2 Å². The van der Waals surface area contributed by atoms with Gasteiger partial charge >= 0.3 is 0 Å². The van der Waals surface area contributed by atoms with Crippen LogP contribution >= 0.6 is 0 Å². The zero-order chi connectivity index (χ0) is 8.82. The second-order valence-corrected chi connectivity index (χ2v) is 5.21. The molecule has 2 nitrogen and oxygen atoms in total. The van der Waals surface area contributed by atoms with Crippen LogP contribution in [0.5, 0.6) is 0 Å². The Bertz CT molecular complexity index is 175. The van der Waals surface area contributed by atoms with Gasteiger partial charge in [0.05, 0.1) is 5.66 Å². The number of hydrazine groups is 1. The van der Waals surface area contributed by atoms with Crippen molar-refractivity contribution in [3.05, 3.63) is 0 Å². The number of nitrogens with zero attached hydrogens (tertiary/aromatic N) is 1. The molecule has 0 aromatic carbocycles. The van der Waals surface area contributed by atoms with E-state index in [0.717, 1.165) is 0 Å². The fourth-order valence-electron chi connectivity index (χ4n) is 2.46. The van der Waals surface area contributed by atoms with Gasteiger partial charge < -0.3 is 0 Å². The molecule has 1 atom stereocenters. The van der Waals surface area contributed by atoms with Crippen molar-refractivity contribution in [3.8, 4) is 0 Å². The van der Waals surface area contributed by atoms with Gasteiger partial charge in [-0.15, -0.1) is 0 Å². The van der Waals surface area contributed by atoms with Crippen molar-refractivity contribution < 1.29 is 0 Å². The summed E-state index contributed by atoms with van der Waals surface area (Å²) in [6.07, 6.45) is 6.94. The summed E-state index contributed by atoms with van der Waals surface area (Å²) < 4.78 is 0. The lowest BCUT2D eigenvalue weighted by Crippen LogP contribution is -2.34. The molecule has 2 rings (SSSR count). The van der Waals surface area contributed by atoms with Crippen LogP contribution in [0.1, 0.15) is 52.9 Å². The molecule has 0 aromatic rings. The molecule has 1 saturated heterocycles. The van der Waals surface area contributed by atoms with E-state index >= 15 is 0 Å². The van der Waals surface area contributed by atoms with Gasteiger partial charge in [-0.1, -0.05) is 19.3 Å². The van der Waals surface area contributed by atoms with Crippen molar-refractivity contribution in [2.45, 2.75) is 64.1 Å². The van der Waals surface area contributed by atoms with Crippen LogP contribution in [-0.2, 0) is 0 Å². The van der Waals surface area contributed by atoms with Crippen LogP contribution < -0.4 is 5.43 Å². The Morgan fingerprint density at radius 2 is 1.67 bits per heavy atom. The molecule has 1 aliphatic carbocycles. The van der Waals surface area contributed by atoms with Crippen LogP contribution in [0.3, 0.4) is 0 Å². The molecule has 1 unspecified atom stereocenters. The van der Waals surface area contributed by atoms with E-state index in [4.69, 9.17) is 0 Å². The van der Waals surface area contributed by atoms with E-state index in [1.54, 1.807) is 0 Å². The fourth-order valence-corrected chi connectivity index (χ4v) is 2.46. The first-order chi connectivity index (χ1) is 5.55. The van der Waals surface area contributed by atoms with E-state index in [1.807, 2.05) is 0 Å². The van der Waals surface area contributed by atoms with Crippen LogP contribution in [0.15, 0.2) is 0 Å². The molecule has 1 N–H and O–H groups in total. The van der Waals surface area contributed by atoms with E-state index in [0.29, 0.717) is 11.2 Å². The minimum atomic E-state index is 0.303. The van der Waals surface area contributed by atoms with Gasteiger partial charge in [-0.05, 0) is 33.6 Å². The van der Waals surface area contributed by atoms with Crippen LogP contribution in [0, 0.1) is 0 Å². The van der Waals surface area contributed by atoms with Gasteiger partial charge in [0.25, 0.3) is 0 Å². The number of rotatable bonds is 0. The summed E-state index contributed by atoms with van der Waals surface area (Å²) in [4.78, 5) is 0. The minimum Gasteiger partial charge on any atom is -0.232 e. The molecular weight excluding hydrogens is 148 g/mol. The van der Waals surface area contributed by atoms with E-state index in [1.165, 1.54) is 32.1 Å². The summed E-state index contributed by atoms with van der Waals surface area (Å²) in [5.41, 5.74) is 4.27. The van der Waals surface area contributed by atoms with Gasteiger partial charge in [0.15, 0.2) is 0 Å². The van der Waals surface area contributed by atoms with Gasteiger partial charge in [-0.3, -0.25) is 0 Å². The predicted molar refractivity (Wildman–Crippen MR) is 50.5 cm³/mol. The average Bonchev–Trinajstić information content (AvgIpc) is 2.65. The second kappa shape index (κ2) is 2.46. The largest absolute Gasteiger partial charge is 0.232 e. The molecule has 2 heteroatoms. The Hall–Kier alpha value is -0.0800. The highest BCUT2D eigenvalue weighted by molar-refractivity contribution is 5.04. The van der Waals surface area contributed by atoms with Crippen LogP contribution in [0.25, 0.3) is 0 Å². The maximum atomic E-state index is 3.56. The molecule has 0 radical (unpaired) electrons. The van der Waals surface area contributed by atoms with Crippen molar-refractivity contribution >= 4 is 0 Å². The van der Waals surface area contributed by atoms with E-state index in [9.17, 15) is 0 Å². The first-order valence-corrected chi connectivity index (χ1v) is 5.13. The Morgan fingerprint density at radius 3 is 2.08 bits per heavy atom. The average molecular weight is 168 g/mol. The molecular formula is C10H20N2. The lowest BCUT2D eigenvalue weighted by molar-refractivity contribution is 0.203. The molecule has 1 spiro atoms. The Morgan fingerprint density at radius 1 is 1.08 bits per heavy atom. The van der Waals surface area contributed by atoms with Gasteiger partial charge in [-0.25, -0.2) is 10.4 Å². The third kappa shape index (κ3) is 1.27. The molecule has 0 aromatic heterocycles. The highest BCUT2D eigenvalue weighted by Crippen LogP contribution is 2.43. The Labute approximate surface area is 75.3 Å². The standard InChI is InChI=1S/C10H20N2/c1-9(2,3)12-10(11-12)7-5-4-6-8-10/h11H,4-8H2,1-3H3. The summed E-state index contributed by atoms with van der Waals surface area (Å²) >= 11 is 0. The molecule has 1 aliphatic heterocycles. The smallest absolute Gasteiger partial charge is 0.0980 e. The monoisotopic (exact) mass is 168 g/mol. The zero-order valence-corrected chi connectivity index (χ0v) is 8.48. The normalized spacial score (nSPS) is 33.8. The molecule has 2 aliphatic rings. The van der Waals surface area contributed by atoms with Gasteiger partial charge in [-0.2, -0.15) is 0 Å². The molecule has 70 valence electrons. The lowest BCUT2D eigenvalue weighted by Gasteiger charge is -2.26. The fraction of sp³-hybridized carbons (Fsp3) is 1.00. The quantitative estimate of drug-likeness (QED) is 0.561. The lowest BCUT2D eigenvalue weighted by atomic mass is 9.91. The number of hydrogen-bond donors (Lipinski definition) is 1. The topological polar surface area (TPSA) is 25.0 Å². The molecule has 0 amide bonds. The predicted octanol–water partition coefficient (Wildman–Crippen LogP) is 2.27. The number of hydrogen-bond acceptors (Lipinski definition) is 2. The zero-order valence-electron chi connectivity index (χ0n) is 8.48. The Balaban J connectivity index is 1.99. The summed E-state index contributed by atoms with van der Waals surface area (Å²) in [7, 11) is 0. The van der Waals surface area contributed by atoms with Gasteiger partial charge in [0.1, 0.15) is 0 Å². The van der Waals surface area contributed by atoms with Crippen LogP contribution in [0.4, 0.5) is 0 Å². The SMILES string of the molecule is CC(C)(C)N1NC12CCCCC2. The molecule has 12 heavy (non-hydrogen) atoms. The van der Waals surface area contributed by atoms with Crippen molar-refractivity contribution in [1.82, 2.24) is 10.4 Å². The van der Waals surface area contributed by atoms with E-state index < -0.39 is 0 Å². The van der Waals surface area contributed by atoms with Crippen molar-refractivity contribution in [2.75, 3.05) is 0 Å². The van der Waals surface area contributed by atoms with E-state index in [-0.39, 0.29) is 0 Å². The minimum absolute atomic E-state index is 0.303. The summed E-state index contributed by atoms with van der Waals surface area (Å²) in [5, 5.41) is 2.44. The highest BCUT2D eigenvalue weighted by Gasteiger charge is 2.56. The molecule has 1 heterocycles. The first-order valence-electron chi connectivity index (χ1n) is 5.13. The number of nitrogens with one attached hydrogen (secondary N) is 1. The second-order valence-electron chi connectivity index (χ2n) is 5.21. The van der Waals surface area contributed by atoms with Gasteiger partial charge in [0, 0.05) is 5.54 Å². The third-order valence-electron chi connectivity index (χ3n) is 3.05. The maximum absolute atomic E-state index is 3.56. The van der Waals surface area contributed by atoms with Crippen molar-refractivity contribution in [3.63, 3.8) is 0 Å². The molecule has 0 bridgehead atoms. The summed E-state index contributed by atoms with van der Waals surface area (Å²) in [6, 6.07) is 0. The van der Waals surface area contributed by atoms with Crippen LogP contribution in [0.2, 0.25) is 0 Å². The van der Waals surface area contributed by atoms with Crippen LogP contribution in [-0.4, -0.2) is 16.2 Å². The Kier molecular flexibility index (Phi) is 1.74. The summed E-state index contributed by atoms with van der Waals surface area (Å²) in [5.74, 6) is 0.